The minimum atomic E-state index is -0.0308. The lowest BCUT2D eigenvalue weighted by molar-refractivity contribution is -0.119. The van der Waals surface area contributed by atoms with Crippen LogP contribution in [0.1, 0.15) is 26.3 Å². The van der Waals surface area contributed by atoms with E-state index in [1.807, 2.05) is 13.8 Å². The molecule has 0 spiro atoms. The molecule has 0 fully saturated rings. The van der Waals surface area contributed by atoms with Crippen molar-refractivity contribution in [1.29, 1.82) is 0 Å². The van der Waals surface area contributed by atoms with Crippen molar-refractivity contribution in [2.45, 2.75) is 27.7 Å². The molecule has 1 rings (SSSR count). The van der Waals surface area contributed by atoms with Gasteiger partial charge in [-0.2, -0.15) is 0 Å². The summed E-state index contributed by atoms with van der Waals surface area (Å²) in [5.74, 6) is 1.90. The molecule has 0 aliphatic carbocycles. The van der Waals surface area contributed by atoms with E-state index in [0.29, 0.717) is 18.3 Å². The molecule has 1 aromatic heterocycles. The van der Waals surface area contributed by atoms with E-state index in [-0.39, 0.29) is 12.5 Å². The van der Waals surface area contributed by atoms with Crippen molar-refractivity contribution in [1.82, 2.24) is 15.3 Å². The molecule has 6 nitrogen and oxygen atoms in total. The van der Waals surface area contributed by atoms with E-state index in [1.54, 1.807) is 0 Å². The highest BCUT2D eigenvalue weighted by Gasteiger charge is 2.08. The average Bonchev–Trinajstić information content (AvgIpc) is 2.37. The summed E-state index contributed by atoms with van der Waals surface area (Å²) in [4.78, 5) is 19.9. The number of hydrogen-bond acceptors (Lipinski definition) is 5. The number of hydrogen-bond donors (Lipinski definition) is 3. The monoisotopic (exact) mass is 265 g/mol. The molecule has 1 amide bonds. The third-order valence-electron chi connectivity index (χ3n) is 2.55. The van der Waals surface area contributed by atoms with Crippen molar-refractivity contribution in [2.24, 2.45) is 5.92 Å². The van der Waals surface area contributed by atoms with E-state index in [0.717, 1.165) is 17.9 Å². The van der Waals surface area contributed by atoms with Gasteiger partial charge < -0.3 is 16.0 Å². The molecule has 0 unspecified atom stereocenters. The highest BCUT2D eigenvalue weighted by Crippen LogP contribution is 2.17. The number of amides is 1. The summed E-state index contributed by atoms with van der Waals surface area (Å²) in [6.07, 6.45) is 1.49. The molecule has 0 aromatic carbocycles. The van der Waals surface area contributed by atoms with Crippen molar-refractivity contribution < 1.29 is 4.79 Å². The van der Waals surface area contributed by atoms with Gasteiger partial charge in [-0.3, -0.25) is 4.79 Å². The fraction of sp³-hybridized carbons (Fsp3) is 0.615. The molecule has 106 valence electrons. The van der Waals surface area contributed by atoms with Crippen LogP contribution in [-0.2, 0) is 4.79 Å². The van der Waals surface area contributed by atoms with E-state index in [9.17, 15) is 4.79 Å². The number of nitrogens with zero attached hydrogens (tertiary/aromatic N) is 2. The van der Waals surface area contributed by atoms with Crippen LogP contribution in [0, 0.1) is 12.8 Å². The van der Waals surface area contributed by atoms with Gasteiger partial charge in [0.1, 0.15) is 18.0 Å². The fourth-order valence-corrected chi connectivity index (χ4v) is 1.52. The normalized spacial score (nSPS) is 10.4. The number of carbonyl (C=O) groups is 1. The summed E-state index contributed by atoms with van der Waals surface area (Å²) in [6, 6.07) is 0. The van der Waals surface area contributed by atoms with Crippen molar-refractivity contribution >= 4 is 17.5 Å². The standard InChI is InChI=1S/C13H23N5O/c1-5-14-12-10(4)13(18-8-17-12)16-7-11(19)15-6-9(2)3/h8-9H,5-7H2,1-4H3,(H,15,19)(H2,14,16,17,18). The minimum Gasteiger partial charge on any atom is -0.370 e. The molecule has 0 radical (unpaired) electrons. The topological polar surface area (TPSA) is 78.9 Å². The molecule has 0 aliphatic heterocycles. The molecule has 0 bridgehead atoms. The third kappa shape index (κ3) is 5.11. The van der Waals surface area contributed by atoms with Gasteiger partial charge in [-0.1, -0.05) is 13.8 Å². The summed E-state index contributed by atoms with van der Waals surface area (Å²) in [6.45, 7) is 9.75. The SMILES string of the molecule is CCNc1ncnc(NCC(=O)NCC(C)C)c1C. The van der Waals surface area contributed by atoms with Crippen LogP contribution in [0.2, 0.25) is 0 Å². The Kier molecular flexibility index (Phi) is 6.05. The first-order chi connectivity index (χ1) is 9.04. The van der Waals surface area contributed by atoms with Gasteiger partial charge in [-0.15, -0.1) is 0 Å². The molecule has 1 aromatic rings. The minimum absolute atomic E-state index is 0.0308. The maximum atomic E-state index is 11.6. The van der Waals surface area contributed by atoms with Gasteiger partial charge in [0, 0.05) is 18.7 Å². The highest BCUT2D eigenvalue weighted by atomic mass is 16.1. The van der Waals surface area contributed by atoms with Crippen LogP contribution in [0.4, 0.5) is 11.6 Å². The van der Waals surface area contributed by atoms with E-state index in [2.05, 4.69) is 39.8 Å². The van der Waals surface area contributed by atoms with Crippen LogP contribution in [0.15, 0.2) is 6.33 Å². The second kappa shape index (κ2) is 7.56. The lowest BCUT2D eigenvalue weighted by Gasteiger charge is -2.12. The third-order valence-corrected chi connectivity index (χ3v) is 2.55. The maximum absolute atomic E-state index is 11.6. The van der Waals surface area contributed by atoms with Crippen LogP contribution in [-0.4, -0.2) is 35.5 Å². The second-order valence-electron chi connectivity index (χ2n) is 4.78. The number of aromatic nitrogens is 2. The Labute approximate surface area is 114 Å². The molecular weight excluding hydrogens is 242 g/mol. The van der Waals surface area contributed by atoms with Crippen molar-refractivity contribution in [3.05, 3.63) is 11.9 Å². The number of carbonyl (C=O) groups excluding carboxylic acids is 1. The summed E-state index contributed by atoms with van der Waals surface area (Å²) in [5, 5.41) is 9.04. The zero-order valence-corrected chi connectivity index (χ0v) is 12.1. The molecule has 0 saturated heterocycles. The molecule has 1 heterocycles. The zero-order valence-electron chi connectivity index (χ0n) is 12.1. The first kappa shape index (κ1) is 15.2. The van der Waals surface area contributed by atoms with Gasteiger partial charge >= 0.3 is 0 Å². The predicted octanol–water partition coefficient (Wildman–Crippen LogP) is 1.40. The Hall–Kier alpha value is -1.85. The summed E-state index contributed by atoms with van der Waals surface area (Å²) in [7, 11) is 0. The molecule has 0 saturated carbocycles. The van der Waals surface area contributed by atoms with Crippen molar-refractivity contribution in [3.63, 3.8) is 0 Å². The van der Waals surface area contributed by atoms with E-state index < -0.39 is 0 Å². The van der Waals surface area contributed by atoms with Gasteiger partial charge in [-0.05, 0) is 19.8 Å². The van der Waals surface area contributed by atoms with Crippen LogP contribution in [0.3, 0.4) is 0 Å². The van der Waals surface area contributed by atoms with E-state index in [4.69, 9.17) is 0 Å². The Morgan fingerprint density at radius 1 is 1.26 bits per heavy atom. The van der Waals surface area contributed by atoms with Crippen LogP contribution >= 0.6 is 0 Å². The Morgan fingerprint density at radius 3 is 2.47 bits per heavy atom. The summed E-state index contributed by atoms with van der Waals surface area (Å²) >= 11 is 0. The first-order valence-electron chi connectivity index (χ1n) is 6.60. The van der Waals surface area contributed by atoms with E-state index in [1.165, 1.54) is 6.33 Å². The Balaban J connectivity index is 2.53. The van der Waals surface area contributed by atoms with Gasteiger partial charge in [0.2, 0.25) is 5.91 Å². The number of rotatable bonds is 7. The molecule has 0 aliphatic rings. The van der Waals surface area contributed by atoms with Gasteiger partial charge in [-0.25, -0.2) is 9.97 Å². The second-order valence-corrected chi connectivity index (χ2v) is 4.78. The molecule has 0 atom stereocenters. The van der Waals surface area contributed by atoms with Crippen LogP contribution in [0.5, 0.6) is 0 Å². The Morgan fingerprint density at radius 2 is 1.89 bits per heavy atom. The maximum Gasteiger partial charge on any atom is 0.239 e. The molecule has 6 heteroatoms. The van der Waals surface area contributed by atoms with Gasteiger partial charge in [0.25, 0.3) is 0 Å². The summed E-state index contributed by atoms with van der Waals surface area (Å²) in [5.41, 5.74) is 0.918. The number of anilines is 2. The largest absolute Gasteiger partial charge is 0.370 e. The Bertz CT molecular complexity index is 419. The quantitative estimate of drug-likeness (QED) is 0.694. The van der Waals surface area contributed by atoms with Crippen LogP contribution < -0.4 is 16.0 Å². The fourth-order valence-electron chi connectivity index (χ4n) is 1.52. The highest BCUT2D eigenvalue weighted by molar-refractivity contribution is 5.80. The lowest BCUT2D eigenvalue weighted by atomic mass is 10.2. The van der Waals surface area contributed by atoms with Gasteiger partial charge in [0.05, 0.1) is 6.54 Å². The van der Waals surface area contributed by atoms with Crippen molar-refractivity contribution in [3.8, 4) is 0 Å². The lowest BCUT2D eigenvalue weighted by Crippen LogP contribution is -2.32. The first-order valence-corrected chi connectivity index (χ1v) is 6.60. The summed E-state index contributed by atoms with van der Waals surface area (Å²) < 4.78 is 0. The smallest absolute Gasteiger partial charge is 0.239 e. The van der Waals surface area contributed by atoms with E-state index >= 15 is 0 Å². The predicted molar refractivity (Wildman–Crippen MR) is 77.3 cm³/mol. The van der Waals surface area contributed by atoms with Crippen LogP contribution in [0.25, 0.3) is 0 Å². The van der Waals surface area contributed by atoms with Crippen molar-refractivity contribution in [2.75, 3.05) is 30.3 Å². The van der Waals surface area contributed by atoms with Gasteiger partial charge in [0.15, 0.2) is 0 Å². The zero-order chi connectivity index (χ0) is 14.3. The number of nitrogens with one attached hydrogen (secondary N) is 3. The average molecular weight is 265 g/mol. The molecule has 3 N–H and O–H groups in total. The molecule has 19 heavy (non-hydrogen) atoms. The molecular formula is C13H23N5O.